The Balaban J connectivity index is 1.88. The second kappa shape index (κ2) is 7.08. The van der Waals surface area contributed by atoms with Gasteiger partial charge in [-0.3, -0.25) is 0 Å². The number of aryl methyl sites for hydroxylation is 1. The van der Waals surface area contributed by atoms with Crippen LogP contribution in [0.15, 0.2) is 48.5 Å². The van der Waals surface area contributed by atoms with Gasteiger partial charge in [0.25, 0.3) is 0 Å². The molecule has 0 bridgehead atoms. The minimum absolute atomic E-state index is 0.155. The van der Waals surface area contributed by atoms with Crippen LogP contribution in [0.3, 0.4) is 0 Å². The Morgan fingerprint density at radius 1 is 1.12 bits per heavy atom. The van der Waals surface area contributed by atoms with Crippen LogP contribution in [0, 0.1) is 6.92 Å². The molecule has 0 amide bonds. The van der Waals surface area contributed by atoms with Crippen molar-refractivity contribution in [1.29, 1.82) is 0 Å². The molecule has 1 aliphatic rings. The summed E-state index contributed by atoms with van der Waals surface area (Å²) in [5.41, 5.74) is 4.67. The molecule has 0 radical (unpaired) electrons. The Labute approximate surface area is 155 Å². The van der Waals surface area contributed by atoms with E-state index in [0.717, 1.165) is 46.4 Å². The van der Waals surface area contributed by atoms with Crippen molar-refractivity contribution in [2.75, 3.05) is 6.54 Å². The summed E-state index contributed by atoms with van der Waals surface area (Å²) in [4.78, 5) is 6.44. The summed E-state index contributed by atoms with van der Waals surface area (Å²) < 4.78 is 0. The average Bonchev–Trinajstić information content (AvgIpc) is 2.66. The fraction of sp³-hybridized carbons (Fsp3) is 0.348. The van der Waals surface area contributed by atoms with Crippen molar-refractivity contribution in [3.63, 3.8) is 0 Å². The molecule has 2 heterocycles. The van der Waals surface area contributed by atoms with Crippen LogP contribution < -0.4 is 10.0 Å². The van der Waals surface area contributed by atoms with Gasteiger partial charge in [0, 0.05) is 11.1 Å². The van der Waals surface area contributed by atoms with Gasteiger partial charge in [-0.1, -0.05) is 53.8 Å². The maximum atomic E-state index is 13.4. The lowest BCUT2D eigenvalue weighted by molar-refractivity contribution is -0.941. The number of rotatable bonds is 3. The third-order valence-corrected chi connectivity index (χ3v) is 5.72. The lowest BCUT2D eigenvalue weighted by Crippen LogP contribution is -3.14. The van der Waals surface area contributed by atoms with Crippen LogP contribution in [0.2, 0.25) is 0 Å². The fourth-order valence-corrected chi connectivity index (χ4v) is 4.13. The summed E-state index contributed by atoms with van der Waals surface area (Å²) >= 11 is 0. The predicted octanol–water partition coefficient (Wildman–Crippen LogP) is 3.24. The number of aromatic nitrogens is 1. The van der Waals surface area contributed by atoms with E-state index in [2.05, 4.69) is 19.1 Å². The van der Waals surface area contributed by atoms with Gasteiger partial charge in [0.2, 0.25) is 0 Å². The van der Waals surface area contributed by atoms with Crippen LogP contribution in [-0.2, 0) is 6.54 Å². The number of hydrogen-bond donors (Lipinski definition) is 1. The van der Waals surface area contributed by atoms with Crippen LogP contribution >= 0.6 is 0 Å². The van der Waals surface area contributed by atoms with Gasteiger partial charge in [-0.25, -0.2) is 4.98 Å². The Morgan fingerprint density at radius 3 is 2.69 bits per heavy atom. The molecule has 1 aromatic heterocycles. The van der Waals surface area contributed by atoms with E-state index in [9.17, 15) is 5.11 Å². The normalized spacial score (nSPS) is 20.4. The Hall–Kier alpha value is -2.39. The number of hydrogen-bond acceptors (Lipinski definition) is 2. The van der Waals surface area contributed by atoms with E-state index >= 15 is 0 Å². The van der Waals surface area contributed by atoms with Gasteiger partial charge in [0.1, 0.15) is 6.54 Å². The van der Waals surface area contributed by atoms with Gasteiger partial charge in [0.05, 0.1) is 23.8 Å². The summed E-state index contributed by atoms with van der Waals surface area (Å²) in [6.45, 7) is 6.24. The highest BCUT2D eigenvalue weighted by Gasteiger charge is 2.24. The Kier molecular flexibility index (Phi) is 4.64. The lowest BCUT2D eigenvalue weighted by atomic mass is 9.98. The van der Waals surface area contributed by atoms with E-state index < -0.39 is 0 Å². The number of pyridine rings is 1. The zero-order valence-corrected chi connectivity index (χ0v) is 15.6. The van der Waals surface area contributed by atoms with Crippen molar-refractivity contribution >= 4 is 10.9 Å². The zero-order chi connectivity index (χ0) is 18.1. The topological polar surface area (TPSA) is 40.4 Å². The maximum absolute atomic E-state index is 13.4. The molecule has 3 heteroatoms. The molecule has 1 saturated heterocycles. The summed E-state index contributed by atoms with van der Waals surface area (Å²) in [5, 5.41) is 14.2. The number of benzene rings is 2. The standard InChI is InChI=1S/C23H26N2O/c1-16-11-12-21-19(14-16)23(26)20(15-25-13-7-6-8-17(25)2)22(24-21)18-9-4-3-5-10-18/h3-5,9-12,14,17H,6-8,13,15H2,1-2H3,(H,24,26). The van der Waals surface area contributed by atoms with Crippen molar-refractivity contribution in [2.45, 2.75) is 45.7 Å². The van der Waals surface area contributed by atoms with Gasteiger partial charge in [0.15, 0.2) is 0 Å². The lowest BCUT2D eigenvalue weighted by Gasteiger charge is -2.32. The van der Waals surface area contributed by atoms with E-state index in [1.165, 1.54) is 24.2 Å². The van der Waals surface area contributed by atoms with Crippen molar-refractivity contribution in [2.24, 2.45) is 0 Å². The minimum Gasteiger partial charge on any atom is -0.872 e. The van der Waals surface area contributed by atoms with Crippen molar-refractivity contribution < 1.29 is 10.0 Å². The third-order valence-electron chi connectivity index (χ3n) is 5.72. The molecule has 0 saturated carbocycles. The monoisotopic (exact) mass is 346 g/mol. The smallest absolute Gasteiger partial charge is 0.105 e. The highest BCUT2D eigenvalue weighted by Crippen LogP contribution is 2.33. The summed E-state index contributed by atoms with van der Waals surface area (Å²) in [6.07, 6.45) is 3.79. The molecule has 2 unspecified atom stereocenters. The van der Waals surface area contributed by atoms with Crippen molar-refractivity contribution in [1.82, 2.24) is 4.98 Å². The number of piperidine rings is 1. The van der Waals surface area contributed by atoms with Crippen LogP contribution in [0.1, 0.15) is 37.3 Å². The number of quaternary nitrogens is 1. The SMILES string of the molecule is Cc1ccc2nc(-c3ccccc3)c(C[NH+]3CCCCC3C)c([O-])c2c1. The first-order valence-corrected chi connectivity index (χ1v) is 9.63. The van der Waals surface area contributed by atoms with E-state index in [4.69, 9.17) is 4.98 Å². The summed E-state index contributed by atoms with van der Waals surface area (Å²) in [5.74, 6) is 0.155. The highest BCUT2D eigenvalue weighted by atomic mass is 16.3. The molecule has 2 aromatic carbocycles. The molecular weight excluding hydrogens is 320 g/mol. The Bertz CT molecular complexity index is 920. The number of likely N-dealkylation sites (tertiary alicyclic amines) is 1. The Morgan fingerprint density at radius 2 is 1.92 bits per heavy atom. The quantitative estimate of drug-likeness (QED) is 0.791. The molecule has 26 heavy (non-hydrogen) atoms. The van der Waals surface area contributed by atoms with Gasteiger partial charge in [-0.05, 0) is 44.6 Å². The minimum atomic E-state index is 0.155. The highest BCUT2D eigenvalue weighted by molar-refractivity contribution is 5.90. The van der Waals surface area contributed by atoms with Crippen molar-refractivity contribution in [3.8, 4) is 17.0 Å². The van der Waals surface area contributed by atoms with Crippen LogP contribution in [-0.4, -0.2) is 17.6 Å². The van der Waals surface area contributed by atoms with E-state index in [1.807, 2.05) is 43.3 Å². The van der Waals surface area contributed by atoms with Gasteiger partial charge >= 0.3 is 0 Å². The zero-order valence-electron chi connectivity index (χ0n) is 15.6. The fourth-order valence-electron chi connectivity index (χ4n) is 4.13. The first-order valence-electron chi connectivity index (χ1n) is 9.63. The molecule has 0 aliphatic carbocycles. The van der Waals surface area contributed by atoms with Crippen LogP contribution in [0.4, 0.5) is 0 Å². The molecule has 3 nitrogen and oxygen atoms in total. The molecule has 2 atom stereocenters. The molecule has 1 fully saturated rings. The third kappa shape index (κ3) is 3.19. The number of nitrogens with zero attached hydrogens (tertiary/aromatic N) is 1. The van der Waals surface area contributed by atoms with Gasteiger partial charge < -0.3 is 10.0 Å². The first-order chi connectivity index (χ1) is 12.6. The molecule has 3 aromatic rings. The van der Waals surface area contributed by atoms with E-state index in [-0.39, 0.29) is 5.75 Å². The maximum Gasteiger partial charge on any atom is 0.105 e. The predicted molar refractivity (Wildman–Crippen MR) is 104 cm³/mol. The summed E-state index contributed by atoms with van der Waals surface area (Å²) in [6, 6.07) is 16.7. The van der Waals surface area contributed by atoms with E-state index in [0.29, 0.717) is 6.04 Å². The average molecular weight is 346 g/mol. The molecule has 0 spiro atoms. The molecule has 1 aliphatic heterocycles. The second-order valence-electron chi connectivity index (χ2n) is 7.64. The largest absolute Gasteiger partial charge is 0.872 e. The molecule has 134 valence electrons. The first kappa shape index (κ1) is 17.0. The number of nitrogens with one attached hydrogen (secondary N) is 1. The van der Waals surface area contributed by atoms with E-state index in [1.54, 1.807) is 0 Å². The van der Waals surface area contributed by atoms with Gasteiger partial charge in [-0.15, -0.1) is 0 Å². The van der Waals surface area contributed by atoms with Gasteiger partial charge in [-0.2, -0.15) is 0 Å². The van der Waals surface area contributed by atoms with Crippen LogP contribution in [0.5, 0.6) is 5.75 Å². The van der Waals surface area contributed by atoms with Crippen LogP contribution in [0.25, 0.3) is 22.2 Å². The summed E-state index contributed by atoms with van der Waals surface area (Å²) in [7, 11) is 0. The second-order valence-corrected chi connectivity index (χ2v) is 7.64. The molecule has 4 rings (SSSR count). The molecular formula is C23H26N2O. The number of fused-ring (bicyclic) bond motifs is 1. The van der Waals surface area contributed by atoms with Crippen molar-refractivity contribution in [3.05, 3.63) is 59.7 Å². The molecule has 1 N–H and O–H groups in total.